The van der Waals surface area contributed by atoms with Crippen molar-refractivity contribution in [2.75, 3.05) is 0 Å². The fraction of sp³-hybridized carbons (Fsp3) is 1.00. The van der Waals surface area contributed by atoms with Gasteiger partial charge in [-0.15, -0.1) is 0 Å². The third-order valence-corrected chi connectivity index (χ3v) is 1.06. The van der Waals surface area contributed by atoms with Gasteiger partial charge in [0.1, 0.15) is 0 Å². The van der Waals surface area contributed by atoms with Crippen molar-refractivity contribution in [1.29, 1.82) is 0 Å². The summed E-state index contributed by atoms with van der Waals surface area (Å²) in [7, 11) is -4.53. The van der Waals surface area contributed by atoms with Crippen LogP contribution in [-0.2, 0) is 14.6 Å². The molecule has 4 nitrogen and oxygen atoms in total. The van der Waals surface area contributed by atoms with Gasteiger partial charge in [0.05, 0.1) is 5.60 Å². The van der Waals surface area contributed by atoms with Crippen molar-refractivity contribution in [3.8, 4) is 0 Å². The normalized spacial score (nSPS) is 12.4. The van der Waals surface area contributed by atoms with Gasteiger partial charge >= 0.3 is 29.6 Å². The van der Waals surface area contributed by atoms with Crippen molar-refractivity contribution in [1.82, 2.24) is 0 Å². The van der Waals surface area contributed by atoms with E-state index in [1.807, 2.05) is 0 Å². The molecule has 0 atom stereocenters. The van der Waals surface area contributed by atoms with Gasteiger partial charge in [-0.2, -0.15) is 0 Å². The van der Waals surface area contributed by atoms with E-state index in [4.69, 9.17) is 0 Å². The molecule has 0 heterocycles. The van der Waals surface area contributed by atoms with E-state index < -0.39 is 16.0 Å². The summed E-state index contributed by atoms with van der Waals surface area (Å²) >= 11 is 0. The molecule has 0 aliphatic rings. The minimum atomic E-state index is -4.53. The molecule has 0 aliphatic heterocycles. The van der Waals surface area contributed by atoms with Crippen molar-refractivity contribution < 1.29 is 46.7 Å². The second-order valence-electron chi connectivity index (χ2n) is 2.60. The van der Waals surface area contributed by atoms with E-state index in [1.54, 1.807) is 0 Å². The molecule has 0 saturated heterocycles. The average molecular weight is 176 g/mol. The summed E-state index contributed by atoms with van der Waals surface area (Å²) < 4.78 is 33.6. The molecule has 0 radical (unpaired) electrons. The minimum Gasteiger partial charge on any atom is -0.726 e. The van der Waals surface area contributed by atoms with Gasteiger partial charge in [-0.3, -0.25) is 4.18 Å². The van der Waals surface area contributed by atoms with E-state index in [1.165, 1.54) is 20.8 Å². The van der Waals surface area contributed by atoms with E-state index in [0.717, 1.165) is 0 Å². The van der Waals surface area contributed by atoms with Gasteiger partial charge in [0.2, 0.25) is 10.4 Å². The van der Waals surface area contributed by atoms with Crippen LogP contribution in [0.2, 0.25) is 0 Å². The van der Waals surface area contributed by atoms with Crippen LogP contribution in [0.1, 0.15) is 20.8 Å². The number of rotatable bonds is 1. The van der Waals surface area contributed by atoms with Crippen LogP contribution in [0.4, 0.5) is 0 Å². The predicted octanol–water partition coefficient (Wildman–Crippen LogP) is -2.73. The fourth-order valence-corrected chi connectivity index (χ4v) is 0.919. The summed E-state index contributed by atoms with van der Waals surface area (Å²) in [4.78, 5) is 0. The SMILES string of the molecule is CC(C)(C)OS(=O)(=O)[O-].[Na+]. The zero-order chi connectivity index (χ0) is 7.71. The molecule has 0 aliphatic carbocycles. The van der Waals surface area contributed by atoms with Gasteiger partial charge in [0.25, 0.3) is 0 Å². The minimum absolute atomic E-state index is 0. The second-order valence-corrected chi connectivity index (χ2v) is 3.59. The third kappa shape index (κ3) is 11.6. The Kier molecular flexibility index (Phi) is 5.43. The Morgan fingerprint density at radius 3 is 1.60 bits per heavy atom. The number of hydrogen-bond donors (Lipinski definition) is 0. The molecule has 0 aromatic heterocycles. The first-order valence-electron chi connectivity index (χ1n) is 2.37. The summed E-state index contributed by atoms with van der Waals surface area (Å²) in [6, 6.07) is 0. The quantitative estimate of drug-likeness (QED) is 0.247. The summed E-state index contributed by atoms with van der Waals surface area (Å²) in [5, 5.41) is 0. The first-order chi connectivity index (χ1) is 3.71. The van der Waals surface area contributed by atoms with E-state index in [-0.39, 0.29) is 29.6 Å². The van der Waals surface area contributed by atoms with Crippen LogP contribution in [0.25, 0.3) is 0 Å². The summed E-state index contributed by atoms with van der Waals surface area (Å²) in [6.45, 7) is 4.47. The van der Waals surface area contributed by atoms with Gasteiger partial charge in [0, 0.05) is 0 Å². The fourth-order valence-electron chi connectivity index (χ4n) is 0.306. The first-order valence-corrected chi connectivity index (χ1v) is 3.70. The zero-order valence-corrected chi connectivity index (χ0v) is 9.36. The van der Waals surface area contributed by atoms with Crippen molar-refractivity contribution in [3.63, 3.8) is 0 Å². The summed E-state index contributed by atoms with van der Waals surface area (Å²) in [5.41, 5.74) is -0.916. The molecule has 0 unspecified atom stereocenters. The Labute approximate surface area is 83.2 Å². The second kappa shape index (κ2) is 4.04. The van der Waals surface area contributed by atoms with Gasteiger partial charge in [0.15, 0.2) is 0 Å². The van der Waals surface area contributed by atoms with E-state index in [0.29, 0.717) is 0 Å². The molecule has 0 fully saturated rings. The maximum atomic E-state index is 9.87. The number of hydrogen-bond acceptors (Lipinski definition) is 4. The van der Waals surface area contributed by atoms with Crippen LogP contribution in [0.15, 0.2) is 0 Å². The van der Waals surface area contributed by atoms with Gasteiger partial charge in [-0.1, -0.05) is 0 Å². The first kappa shape index (κ1) is 13.5. The molecule has 0 N–H and O–H groups in total. The molecule has 56 valence electrons. The average Bonchev–Trinajstić information content (AvgIpc) is 1.14. The molecule has 0 rings (SSSR count). The van der Waals surface area contributed by atoms with Crippen LogP contribution in [0.3, 0.4) is 0 Å². The van der Waals surface area contributed by atoms with Crippen LogP contribution >= 0.6 is 0 Å². The Balaban J connectivity index is 0. The molecular formula is C4H9NaO4S. The van der Waals surface area contributed by atoms with Crippen molar-refractivity contribution in [2.45, 2.75) is 26.4 Å². The zero-order valence-electron chi connectivity index (χ0n) is 6.54. The summed E-state index contributed by atoms with van der Waals surface area (Å²) in [5.74, 6) is 0. The molecule has 0 aromatic rings. The van der Waals surface area contributed by atoms with Crippen molar-refractivity contribution >= 4 is 10.4 Å². The molecule has 10 heavy (non-hydrogen) atoms. The molecule has 0 saturated carbocycles. The van der Waals surface area contributed by atoms with Crippen molar-refractivity contribution in [3.05, 3.63) is 0 Å². The summed E-state index contributed by atoms with van der Waals surface area (Å²) in [6.07, 6.45) is 0. The van der Waals surface area contributed by atoms with Crippen LogP contribution in [0, 0.1) is 0 Å². The predicted molar refractivity (Wildman–Crippen MR) is 30.5 cm³/mol. The third-order valence-electron chi connectivity index (χ3n) is 0.352. The maximum Gasteiger partial charge on any atom is 1.00 e. The van der Waals surface area contributed by atoms with Gasteiger partial charge in [-0.25, -0.2) is 8.42 Å². The molecule has 0 amide bonds. The standard InChI is InChI=1S/C4H10O4S.Na/c1-4(2,3)8-9(5,6)7;/h1-3H3,(H,5,6,7);/q;+1/p-1. The van der Waals surface area contributed by atoms with Crippen LogP contribution < -0.4 is 29.6 Å². The van der Waals surface area contributed by atoms with E-state index in [9.17, 15) is 13.0 Å². The Hall–Kier alpha value is 0.870. The van der Waals surface area contributed by atoms with Crippen LogP contribution in [-0.4, -0.2) is 18.6 Å². The Bertz CT molecular complexity index is 178. The largest absolute Gasteiger partial charge is 1.00 e. The maximum absolute atomic E-state index is 9.87. The molecule has 0 bridgehead atoms. The van der Waals surface area contributed by atoms with E-state index >= 15 is 0 Å². The Morgan fingerprint density at radius 1 is 1.30 bits per heavy atom. The molecule has 0 aromatic carbocycles. The van der Waals surface area contributed by atoms with Crippen molar-refractivity contribution in [2.24, 2.45) is 0 Å². The van der Waals surface area contributed by atoms with E-state index in [2.05, 4.69) is 4.18 Å². The Morgan fingerprint density at radius 2 is 1.60 bits per heavy atom. The van der Waals surface area contributed by atoms with Gasteiger partial charge < -0.3 is 4.55 Å². The molecule has 0 spiro atoms. The smallest absolute Gasteiger partial charge is 0.726 e. The van der Waals surface area contributed by atoms with Crippen LogP contribution in [0.5, 0.6) is 0 Å². The molecular weight excluding hydrogens is 167 g/mol. The molecule has 6 heteroatoms. The van der Waals surface area contributed by atoms with Gasteiger partial charge in [-0.05, 0) is 20.8 Å². The monoisotopic (exact) mass is 176 g/mol. The topological polar surface area (TPSA) is 66.4 Å².